The fourth-order valence-electron chi connectivity index (χ4n) is 1.89. The second kappa shape index (κ2) is 6.70. The van der Waals surface area contributed by atoms with Crippen molar-refractivity contribution in [2.45, 2.75) is 32.2 Å². The van der Waals surface area contributed by atoms with Crippen molar-refractivity contribution in [3.05, 3.63) is 35.4 Å². The van der Waals surface area contributed by atoms with Crippen molar-refractivity contribution in [2.24, 2.45) is 5.73 Å². The van der Waals surface area contributed by atoms with Gasteiger partial charge in [-0.25, -0.2) is 8.42 Å². The Balaban J connectivity index is 2.76. The highest BCUT2D eigenvalue weighted by Gasteiger charge is 2.19. The Bertz CT molecular complexity index is 515. The van der Waals surface area contributed by atoms with Crippen molar-refractivity contribution in [3.8, 4) is 0 Å². The van der Waals surface area contributed by atoms with Gasteiger partial charge in [0.05, 0.1) is 18.1 Å². The summed E-state index contributed by atoms with van der Waals surface area (Å²) >= 11 is 0. The van der Waals surface area contributed by atoms with Gasteiger partial charge in [-0.1, -0.05) is 45.0 Å². The van der Waals surface area contributed by atoms with Crippen LogP contribution in [0, 0.1) is 0 Å². The van der Waals surface area contributed by atoms with Crippen molar-refractivity contribution >= 4 is 9.84 Å². The van der Waals surface area contributed by atoms with Gasteiger partial charge in [0, 0.05) is 13.2 Å². The van der Waals surface area contributed by atoms with E-state index in [4.69, 9.17) is 10.5 Å². The lowest BCUT2D eigenvalue weighted by Gasteiger charge is -2.20. The summed E-state index contributed by atoms with van der Waals surface area (Å²) in [5, 5.41) is 0. The summed E-state index contributed by atoms with van der Waals surface area (Å²) in [5.74, 6) is -0.0392. The molecule has 1 unspecified atom stereocenters. The second-order valence-electron chi connectivity index (χ2n) is 6.09. The molecule has 20 heavy (non-hydrogen) atoms. The third-order valence-corrected chi connectivity index (χ3v) is 4.89. The molecule has 0 aliphatic rings. The zero-order valence-electron chi connectivity index (χ0n) is 12.7. The zero-order valence-corrected chi connectivity index (χ0v) is 13.5. The van der Waals surface area contributed by atoms with Crippen molar-refractivity contribution in [3.63, 3.8) is 0 Å². The lowest BCUT2D eigenvalue weighted by Crippen LogP contribution is -2.25. The first-order valence-corrected chi connectivity index (χ1v) is 8.53. The van der Waals surface area contributed by atoms with Crippen LogP contribution in [0.25, 0.3) is 0 Å². The van der Waals surface area contributed by atoms with Crippen LogP contribution in [0.4, 0.5) is 0 Å². The SMILES string of the molecule is COCCS(=O)(=O)CC(N)c1ccc(C(C)(C)C)cc1. The van der Waals surface area contributed by atoms with Gasteiger partial charge < -0.3 is 10.5 Å². The number of ether oxygens (including phenoxy) is 1. The van der Waals surface area contributed by atoms with Gasteiger partial charge in [-0.15, -0.1) is 0 Å². The number of rotatable bonds is 6. The zero-order chi connectivity index (χ0) is 15.4. The van der Waals surface area contributed by atoms with Gasteiger partial charge in [0.25, 0.3) is 0 Å². The lowest BCUT2D eigenvalue weighted by molar-refractivity contribution is 0.217. The molecular formula is C15H25NO3S. The molecule has 0 bridgehead atoms. The normalized spacial score (nSPS) is 14.2. The maximum absolute atomic E-state index is 11.8. The van der Waals surface area contributed by atoms with Gasteiger partial charge in [-0.2, -0.15) is 0 Å². The third-order valence-electron chi connectivity index (χ3n) is 3.24. The van der Waals surface area contributed by atoms with Crippen LogP contribution < -0.4 is 5.73 Å². The number of benzene rings is 1. The highest BCUT2D eigenvalue weighted by atomic mass is 32.2. The Morgan fingerprint density at radius 1 is 1.20 bits per heavy atom. The molecule has 2 N–H and O–H groups in total. The minimum absolute atomic E-state index is 0.0112. The summed E-state index contributed by atoms with van der Waals surface area (Å²) < 4.78 is 28.5. The average Bonchev–Trinajstić information content (AvgIpc) is 2.35. The number of nitrogens with two attached hydrogens (primary N) is 1. The molecule has 0 radical (unpaired) electrons. The molecule has 0 amide bonds. The first-order chi connectivity index (χ1) is 9.15. The van der Waals surface area contributed by atoms with Gasteiger partial charge in [-0.05, 0) is 16.5 Å². The van der Waals surface area contributed by atoms with E-state index in [1.165, 1.54) is 12.7 Å². The van der Waals surface area contributed by atoms with Crippen LogP contribution in [0.3, 0.4) is 0 Å². The van der Waals surface area contributed by atoms with Crippen LogP contribution in [-0.2, 0) is 20.0 Å². The van der Waals surface area contributed by atoms with Crippen LogP contribution >= 0.6 is 0 Å². The highest BCUT2D eigenvalue weighted by Crippen LogP contribution is 2.23. The average molecular weight is 299 g/mol. The lowest BCUT2D eigenvalue weighted by atomic mass is 9.86. The predicted octanol–water partition coefficient (Wildman–Crippen LogP) is 2.05. The molecular weight excluding hydrogens is 274 g/mol. The van der Waals surface area contributed by atoms with E-state index in [1.54, 1.807) is 0 Å². The van der Waals surface area contributed by atoms with E-state index in [1.807, 2.05) is 24.3 Å². The Morgan fingerprint density at radius 2 is 1.75 bits per heavy atom. The quantitative estimate of drug-likeness (QED) is 0.873. The van der Waals surface area contributed by atoms with E-state index in [2.05, 4.69) is 20.8 Å². The molecule has 0 aromatic heterocycles. The van der Waals surface area contributed by atoms with Crippen molar-refractivity contribution in [1.82, 2.24) is 0 Å². The minimum Gasteiger partial charge on any atom is -0.384 e. The van der Waals surface area contributed by atoms with Gasteiger partial charge in [-0.3, -0.25) is 0 Å². The molecule has 0 aliphatic carbocycles. The first-order valence-electron chi connectivity index (χ1n) is 6.71. The molecule has 0 heterocycles. The standard InChI is InChI=1S/C15H25NO3S/c1-15(2,3)13-7-5-12(6-8-13)14(16)11-20(17,18)10-9-19-4/h5-8,14H,9-11,16H2,1-4H3. The summed E-state index contributed by atoms with van der Waals surface area (Å²) in [4.78, 5) is 0. The van der Waals surface area contributed by atoms with Crippen LogP contribution in [0.5, 0.6) is 0 Å². The van der Waals surface area contributed by atoms with Crippen LogP contribution in [0.2, 0.25) is 0 Å². The van der Waals surface area contributed by atoms with Gasteiger partial charge >= 0.3 is 0 Å². The third kappa shape index (κ3) is 5.23. The number of hydrogen-bond donors (Lipinski definition) is 1. The fourth-order valence-corrected chi connectivity index (χ4v) is 3.22. The second-order valence-corrected chi connectivity index (χ2v) is 8.31. The van der Waals surface area contributed by atoms with Crippen molar-refractivity contribution < 1.29 is 13.2 Å². The van der Waals surface area contributed by atoms with E-state index in [0.717, 1.165) is 5.56 Å². The molecule has 0 aliphatic heterocycles. The van der Waals surface area contributed by atoms with Crippen molar-refractivity contribution in [1.29, 1.82) is 0 Å². The smallest absolute Gasteiger partial charge is 0.154 e. The fraction of sp³-hybridized carbons (Fsp3) is 0.600. The van der Waals surface area contributed by atoms with E-state index in [0.29, 0.717) is 0 Å². The summed E-state index contributed by atoms with van der Waals surface area (Å²) in [6.45, 7) is 6.61. The first kappa shape index (κ1) is 17.1. The van der Waals surface area contributed by atoms with Gasteiger partial charge in [0.2, 0.25) is 0 Å². The number of sulfone groups is 1. The summed E-state index contributed by atoms with van der Waals surface area (Å²) in [6, 6.07) is 7.35. The van der Waals surface area contributed by atoms with Crippen LogP contribution in [0.15, 0.2) is 24.3 Å². The Labute approximate surface area is 122 Å². The Kier molecular flexibility index (Phi) is 5.74. The minimum atomic E-state index is -3.18. The van der Waals surface area contributed by atoms with Gasteiger partial charge in [0.1, 0.15) is 0 Å². The number of methoxy groups -OCH3 is 1. The molecule has 1 atom stereocenters. The molecule has 4 nitrogen and oxygen atoms in total. The largest absolute Gasteiger partial charge is 0.384 e. The van der Waals surface area contributed by atoms with Crippen LogP contribution in [0.1, 0.15) is 37.9 Å². The maximum atomic E-state index is 11.8. The molecule has 5 heteroatoms. The van der Waals surface area contributed by atoms with E-state index < -0.39 is 15.9 Å². The van der Waals surface area contributed by atoms with Gasteiger partial charge in [0.15, 0.2) is 9.84 Å². The van der Waals surface area contributed by atoms with Crippen LogP contribution in [-0.4, -0.2) is 33.6 Å². The highest BCUT2D eigenvalue weighted by molar-refractivity contribution is 7.91. The predicted molar refractivity (Wildman–Crippen MR) is 82.6 cm³/mol. The topological polar surface area (TPSA) is 69.4 Å². The monoisotopic (exact) mass is 299 g/mol. The molecule has 0 saturated heterocycles. The summed E-state index contributed by atoms with van der Waals surface area (Å²) in [7, 11) is -1.69. The molecule has 114 valence electrons. The Hall–Kier alpha value is -0.910. The summed E-state index contributed by atoms with van der Waals surface area (Å²) in [6.07, 6.45) is 0. The molecule has 0 spiro atoms. The van der Waals surface area contributed by atoms with E-state index in [-0.39, 0.29) is 23.5 Å². The molecule has 0 fully saturated rings. The molecule has 0 saturated carbocycles. The molecule has 1 aromatic rings. The molecule has 1 aromatic carbocycles. The number of hydrogen-bond acceptors (Lipinski definition) is 4. The molecule has 1 rings (SSSR count). The van der Waals surface area contributed by atoms with E-state index >= 15 is 0 Å². The van der Waals surface area contributed by atoms with E-state index in [9.17, 15) is 8.42 Å². The van der Waals surface area contributed by atoms with Crippen molar-refractivity contribution in [2.75, 3.05) is 25.2 Å². The Morgan fingerprint density at radius 3 is 2.20 bits per heavy atom. The summed E-state index contributed by atoms with van der Waals surface area (Å²) in [5.41, 5.74) is 8.12. The maximum Gasteiger partial charge on any atom is 0.154 e.